The summed E-state index contributed by atoms with van der Waals surface area (Å²) < 4.78 is 0. The molecular formula is C28H28N4O2. The maximum absolute atomic E-state index is 12.4. The van der Waals surface area contributed by atoms with Crippen LogP contribution in [-0.4, -0.2) is 27.8 Å². The summed E-state index contributed by atoms with van der Waals surface area (Å²) in [6.07, 6.45) is 9.54. The van der Waals surface area contributed by atoms with Crippen LogP contribution in [0, 0.1) is 0 Å². The predicted molar refractivity (Wildman–Crippen MR) is 136 cm³/mol. The molecule has 5 rings (SSSR count). The SMILES string of the molecule is O=C(CCCCCCC1CC(=O)N1c1cccc2cccnc12)Nc1cccc2cccnc12. The van der Waals surface area contributed by atoms with Crippen LogP contribution in [0.5, 0.6) is 0 Å². The summed E-state index contributed by atoms with van der Waals surface area (Å²) in [4.78, 5) is 35.6. The summed E-state index contributed by atoms with van der Waals surface area (Å²) in [5, 5.41) is 5.07. The van der Waals surface area contributed by atoms with E-state index < -0.39 is 0 Å². The van der Waals surface area contributed by atoms with Gasteiger partial charge in [0, 0.05) is 42.0 Å². The number of nitrogens with one attached hydrogen (secondary N) is 1. The Morgan fingerprint density at radius 1 is 0.853 bits per heavy atom. The highest BCUT2D eigenvalue weighted by atomic mass is 16.2. The second-order valence-electron chi connectivity index (χ2n) is 8.86. The van der Waals surface area contributed by atoms with Crippen molar-refractivity contribution < 1.29 is 9.59 Å². The molecule has 3 heterocycles. The van der Waals surface area contributed by atoms with Crippen LogP contribution >= 0.6 is 0 Å². The lowest BCUT2D eigenvalue weighted by Gasteiger charge is -2.41. The van der Waals surface area contributed by atoms with Gasteiger partial charge in [-0.3, -0.25) is 19.6 Å². The van der Waals surface area contributed by atoms with Gasteiger partial charge >= 0.3 is 0 Å². The van der Waals surface area contributed by atoms with Crippen molar-refractivity contribution in [1.29, 1.82) is 0 Å². The largest absolute Gasteiger partial charge is 0.324 e. The average Bonchev–Trinajstić information content (AvgIpc) is 2.86. The van der Waals surface area contributed by atoms with Crippen LogP contribution in [0.4, 0.5) is 11.4 Å². The maximum Gasteiger partial charge on any atom is 0.229 e. The molecule has 1 aliphatic heterocycles. The van der Waals surface area contributed by atoms with Crippen molar-refractivity contribution >= 4 is 45.0 Å². The number of benzene rings is 2. The van der Waals surface area contributed by atoms with E-state index in [0.717, 1.165) is 65.3 Å². The summed E-state index contributed by atoms with van der Waals surface area (Å²) >= 11 is 0. The fraction of sp³-hybridized carbons (Fsp3) is 0.286. The second-order valence-corrected chi connectivity index (χ2v) is 8.86. The second kappa shape index (κ2) is 10.00. The average molecular weight is 453 g/mol. The number of carbonyl (C=O) groups excluding carboxylic acids is 2. The van der Waals surface area contributed by atoms with Gasteiger partial charge in [0.15, 0.2) is 0 Å². The lowest BCUT2D eigenvalue weighted by Crippen LogP contribution is -2.53. The zero-order chi connectivity index (χ0) is 23.3. The Morgan fingerprint density at radius 2 is 1.53 bits per heavy atom. The standard InChI is InChI=1S/C28H28N4O2/c33-25(31-23-14-5-9-20-11-7-17-29-27(20)23)16-4-2-1-3-13-22-19-26(34)32(22)24-15-6-10-21-12-8-18-30-28(21)24/h5-12,14-15,17-18,22H,1-4,13,16,19H2,(H,31,33). The number of para-hydroxylation sites is 2. The van der Waals surface area contributed by atoms with E-state index in [-0.39, 0.29) is 17.9 Å². The number of fused-ring (bicyclic) bond motifs is 2. The van der Waals surface area contributed by atoms with Gasteiger partial charge in [0.05, 0.1) is 22.4 Å². The highest BCUT2D eigenvalue weighted by molar-refractivity contribution is 6.07. The molecule has 6 heteroatoms. The number of rotatable bonds is 9. The molecule has 1 aliphatic rings. The van der Waals surface area contributed by atoms with Crippen LogP contribution in [0.3, 0.4) is 0 Å². The molecule has 2 aromatic heterocycles. The van der Waals surface area contributed by atoms with Gasteiger partial charge in [-0.25, -0.2) is 0 Å². The zero-order valence-electron chi connectivity index (χ0n) is 19.1. The topological polar surface area (TPSA) is 75.2 Å². The first kappa shape index (κ1) is 22.0. The molecule has 1 saturated heterocycles. The van der Waals surface area contributed by atoms with E-state index in [0.29, 0.717) is 12.8 Å². The number of pyridine rings is 2. The first-order chi connectivity index (χ1) is 16.7. The molecule has 1 N–H and O–H groups in total. The van der Waals surface area contributed by atoms with Crippen LogP contribution < -0.4 is 10.2 Å². The predicted octanol–water partition coefficient (Wildman–Crippen LogP) is 5.87. The van der Waals surface area contributed by atoms with E-state index in [1.165, 1.54) is 0 Å². The van der Waals surface area contributed by atoms with Crippen molar-refractivity contribution in [2.75, 3.05) is 10.2 Å². The highest BCUT2D eigenvalue weighted by Gasteiger charge is 2.37. The van der Waals surface area contributed by atoms with E-state index in [1.54, 1.807) is 12.4 Å². The molecule has 0 aliphatic carbocycles. The van der Waals surface area contributed by atoms with Crippen molar-refractivity contribution in [3.8, 4) is 0 Å². The Balaban J connectivity index is 1.06. The Morgan fingerprint density at radius 3 is 2.32 bits per heavy atom. The number of hydrogen-bond donors (Lipinski definition) is 1. The van der Waals surface area contributed by atoms with E-state index in [9.17, 15) is 9.59 Å². The fourth-order valence-corrected chi connectivity index (χ4v) is 4.76. The zero-order valence-corrected chi connectivity index (χ0v) is 19.1. The minimum absolute atomic E-state index is 0.0253. The van der Waals surface area contributed by atoms with Gasteiger partial charge in [-0.15, -0.1) is 0 Å². The van der Waals surface area contributed by atoms with Crippen molar-refractivity contribution in [2.45, 2.75) is 51.0 Å². The monoisotopic (exact) mass is 452 g/mol. The molecular weight excluding hydrogens is 424 g/mol. The Bertz CT molecular complexity index is 1330. The number of carbonyl (C=O) groups is 2. The number of unbranched alkanes of at least 4 members (excludes halogenated alkanes) is 3. The molecule has 6 nitrogen and oxygen atoms in total. The number of amides is 2. The third-order valence-corrected chi connectivity index (χ3v) is 6.51. The van der Waals surface area contributed by atoms with Crippen LogP contribution in [0.15, 0.2) is 73.1 Å². The third-order valence-electron chi connectivity index (χ3n) is 6.51. The number of anilines is 2. The smallest absolute Gasteiger partial charge is 0.229 e. The molecule has 2 amide bonds. The third kappa shape index (κ3) is 4.62. The fourth-order valence-electron chi connectivity index (χ4n) is 4.76. The van der Waals surface area contributed by atoms with Crippen molar-refractivity contribution in [3.63, 3.8) is 0 Å². The highest BCUT2D eigenvalue weighted by Crippen LogP contribution is 2.35. The quantitative estimate of drug-likeness (QED) is 0.255. The number of β-lactam (4-membered cyclic amide) rings is 1. The summed E-state index contributed by atoms with van der Waals surface area (Å²) in [6, 6.07) is 19.9. The van der Waals surface area contributed by atoms with Gasteiger partial charge in [-0.1, -0.05) is 55.7 Å². The van der Waals surface area contributed by atoms with Gasteiger partial charge < -0.3 is 10.2 Å². The molecule has 172 valence electrons. The summed E-state index contributed by atoms with van der Waals surface area (Å²) in [5.74, 6) is 0.195. The summed E-state index contributed by atoms with van der Waals surface area (Å²) in [7, 11) is 0. The van der Waals surface area contributed by atoms with Crippen molar-refractivity contribution in [2.24, 2.45) is 0 Å². The molecule has 1 unspecified atom stereocenters. The first-order valence-electron chi connectivity index (χ1n) is 12.0. The molecule has 0 spiro atoms. The molecule has 34 heavy (non-hydrogen) atoms. The van der Waals surface area contributed by atoms with Gasteiger partial charge in [-0.2, -0.15) is 0 Å². The van der Waals surface area contributed by atoms with Crippen molar-refractivity contribution in [1.82, 2.24) is 9.97 Å². The van der Waals surface area contributed by atoms with E-state index in [2.05, 4.69) is 15.3 Å². The summed E-state index contributed by atoms with van der Waals surface area (Å²) in [6.45, 7) is 0. The van der Waals surface area contributed by atoms with Gasteiger partial charge in [0.2, 0.25) is 11.8 Å². The van der Waals surface area contributed by atoms with Crippen LogP contribution in [0.25, 0.3) is 21.8 Å². The van der Waals surface area contributed by atoms with E-state index in [4.69, 9.17) is 0 Å². The van der Waals surface area contributed by atoms with E-state index >= 15 is 0 Å². The normalized spacial score (nSPS) is 15.5. The Labute approximate surface area is 199 Å². The molecule has 2 aromatic carbocycles. The molecule has 1 atom stereocenters. The van der Waals surface area contributed by atoms with Crippen molar-refractivity contribution in [3.05, 3.63) is 73.1 Å². The number of aromatic nitrogens is 2. The van der Waals surface area contributed by atoms with Crippen LogP contribution in [0.2, 0.25) is 0 Å². The molecule has 0 radical (unpaired) electrons. The molecule has 1 fully saturated rings. The Kier molecular flexibility index (Phi) is 6.47. The van der Waals surface area contributed by atoms with E-state index in [1.807, 2.05) is 65.6 Å². The maximum atomic E-state index is 12.4. The molecule has 4 aromatic rings. The lowest BCUT2D eigenvalue weighted by molar-refractivity contribution is -0.124. The number of hydrogen-bond acceptors (Lipinski definition) is 4. The Hall–Kier alpha value is -3.80. The lowest BCUT2D eigenvalue weighted by atomic mass is 9.94. The number of nitrogens with zero attached hydrogens (tertiary/aromatic N) is 3. The minimum Gasteiger partial charge on any atom is -0.324 e. The van der Waals surface area contributed by atoms with Gasteiger partial charge in [-0.05, 0) is 37.1 Å². The van der Waals surface area contributed by atoms with Crippen LogP contribution in [-0.2, 0) is 9.59 Å². The van der Waals surface area contributed by atoms with Crippen LogP contribution in [0.1, 0.15) is 44.9 Å². The van der Waals surface area contributed by atoms with Gasteiger partial charge in [0.1, 0.15) is 0 Å². The molecule has 0 saturated carbocycles. The minimum atomic E-state index is 0.0253. The molecule has 0 bridgehead atoms. The first-order valence-corrected chi connectivity index (χ1v) is 12.0. The van der Waals surface area contributed by atoms with Gasteiger partial charge in [0.25, 0.3) is 0 Å². The summed E-state index contributed by atoms with van der Waals surface area (Å²) in [5.41, 5.74) is 3.38.